The fourth-order valence-corrected chi connectivity index (χ4v) is 2.66. The smallest absolute Gasteiger partial charge is 0.409 e. The van der Waals surface area contributed by atoms with Crippen LogP contribution in [0.15, 0.2) is 36.7 Å². The predicted octanol–water partition coefficient (Wildman–Crippen LogP) is 1.72. The van der Waals surface area contributed by atoms with Gasteiger partial charge in [-0.25, -0.2) is 14.8 Å². The van der Waals surface area contributed by atoms with Gasteiger partial charge in [-0.05, 0) is 18.6 Å². The van der Waals surface area contributed by atoms with E-state index in [9.17, 15) is 9.59 Å². The van der Waals surface area contributed by atoms with Crippen molar-refractivity contribution in [2.24, 2.45) is 0 Å². The Kier molecular flexibility index (Phi) is 5.62. The summed E-state index contributed by atoms with van der Waals surface area (Å²) in [7, 11) is 1.54. The van der Waals surface area contributed by atoms with E-state index in [4.69, 9.17) is 9.47 Å². The molecule has 0 saturated carbocycles. The Morgan fingerprint density at radius 1 is 1.27 bits per heavy atom. The van der Waals surface area contributed by atoms with E-state index >= 15 is 0 Å². The zero-order chi connectivity index (χ0) is 18.4. The van der Waals surface area contributed by atoms with Crippen LogP contribution in [-0.4, -0.2) is 60.2 Å². The molecule has 0 spiro atoms. The highest BCUT2D eigenvalue weighted by Crippen LogP contribution is 2.25. The van der Waals surface area contributed by atoms with Crippen molar-refractivity contribution in [2.75, 3.05) is 33.4 Å². The zero-order valence-corrected chi connectivity index (χ0v) is 14.5. The number of benzene rings is 1. The lowest BCUT2D eigenvalue weighted by Gasteiger charge is -2.26. The number of carbonyl (C=O) groups excluding carboxylic acids is 2. The van der Waals surface area contributed by atoms with E-state index in [2.05, 4.69) is 15.3 Å². The molecule has 2 aromatic rings. The Labute approximate surface area is 151 Å². The molecule has 1 N–H and O–H groups in total. The molecular weight excluding hydrogens is 336 g/mol. The van der Waals surface area contributed by atoms with Gasteiger partial charge in [0, 0.05) is 43.2 Å². The van der Waals surface area contributed by atoms with Crippen molar-refractivity contribution in [3.8, 4) is 17.1 Å². The number of aromatic nitrogens is 2. The monoisotopic (exact) mass is 356 g/mol. The zero-order valence-electron chi connectivity index (χ0n) is 14.5. The van der Waals surface area contributed by atoms with Gasteiger partial charge in [0.2, 0.25) is 5.88 Å². The van der Waals surface area contributed by atoms with Gasteiger partial charge < -0.3 is 19.7 Å². The summed E-state index contributed by atoms with van der Waals surface area (Å²) >= 11 is 0. The quantitative estimate of drug-likeness (QED) is 0.847. The fourth-order valence-electron chi connectivity index (χ4n) is 2.66. The maximum atomic E-state index is 12.2. The van der Waals surface area contributed by atoms with Gasteiger partial charge in [-0.15, -0.1) is 0 Å². The maximum Gasteiger partial charge on any atom is 0.409 e. The summed E-state index contributed by atoms with van der Waals surface area (Å²) in [6.07, 6.45) is 3.63. The van der Waals surface area contributed by atoms with Gasteiger partial charge in [0.15, 0.2) is 0 Å². The molecule has 0 atom stereocenters. The molecule has 2 heterocycles. The number of hydrogen-bond donors (Lipinski definition) is 1. The van der Waals surface area contributed by atoms with Crippen molar-refractivity contribution >= 4 is 12.0 Å². The lowest BCUT2D eigenvalue weighted by Crippen LogP contribution is -2.42. The van der Waals surface area contributed by atoms with Gasteiger partial charge in [0.05, 0.1) is 13.7 Å². The molecule has 0 radical (unpaired) electrons. The van der Waals surface area contributed by atoms with Crippen molar-refractivity contribution in [2.45, 2.75) is 6.42 Å². The van der Waals surface area contributed by atoms with E-state index in [-0.39, 0.29) is 12.0 Å². The van der Waals surface area contributed by atoms with Crippen LogP contribution in [0.2, 0.25) is 0 Å². The number of nitrogens with one attached hydrogen (secondary N) is 1. The molecule has 8 heteroatoms. The van der Waals surface area contributed by atoms with Crippen LogP contribution in [0.4, 0.5) is 4.79 Å². The van der Waals surface area contributed by atoms with Crippen molar-refractivity contribution in [1.82, 2.24) is 20.2 Å². The molecule has 0 unspecified atom stereocenters. The summed E-state index contributed by atoms with van der Waals surface area (Å²) in [6.45, 7) is 1.92. The third-order valence-corrected chi connectivity index (χ3v) is 4.00. The summed E-state index contributed by atoms with van der Waals surface area (Å²) in [4.78, 5) is 33.7. The average molecular weight is 356 g/mol. The summed E-state index contributed by atoms with van der Waals surface area (Å²) in [5.74, 6) is 0.228. The number of hydrogen-bond acceptors (Lipinski definition) is 6. The van der Waals surface area contributed by atoms with Crippen LogP contribution >= 0.6 is 0 Å². The molecule has 0 bridgehead atoms. The molecule has 26 heavy (non-hydrogen) atoms. The molecule has 1 saturated heterocycles. The first-order valence-electron chi connectivity index (χ1n) is 8.34. The molecule has 1 fully saturated rings. The first kappa shape index (κ1) is 17.7. The molecule has 3 rings (SSSR count). The second kappa shape index (κ2) is 8.28. The largest absolute Gasteiger partial charge is 0.479 e. The second-order valence-corrected chi connectivity index (χ2v) is 5.70. The van der Waals surface area contributed by atoms with Gasteiger partial charge in [0.25, 0.3) is 5.91 Å². The molecule has 136 valence electrons. The predicted molar refractivity (Wildman–Crippen MR) is 93.9 cm³/mol. The third-order valence-electron chi connectivity index (χ3n) is 4.00. The van der Waals surface area contributed by atoms with Gasteiger partial charge in [0.1, 0.15) is 5.69 Å². The fraction of sp³-hybridized carbons (Fsp3) is 0.333. The van der Waals surface area contributed by atoms with Crippen LogP contribution in [0.5, 0.6) is 5.88 Å². The first-order chi connectivity index (χ1) is 12.7. The highest BCUT2D eigenvalue weighted by atomic mass is 16.6. The normalized spacial score (nSPS) is 13.9. The topological polar surface area (TPSA) is 93.7 Å². The van der Waals surface area contributed by atoms with Crippen LogP contribution in [0.3, 0.4) is 0 Å². The molecule has 1 aliphatic heterocycles. The Morgan fingerprint density at radius 3 is 2.77 bits per heavy atom. The molecular formula is C18H20N4O4. The van der Waals surface area contributed by atoms with Gasteiger partial charge in [-0.3, -0.25) is 4.79 Å². The molecule has 0 aliphatic carbocycles. The molecule has 1 aromatic heterocycles. The van der Waals surface area contributed by atoms with Crippen molar-refractivity contribution in [1.29, 1.82) is 0 Å². The lowest BCUT2D eigenvalue weighted by molar-refractivity contribution is 0.0719. The minimum absolute atomic E-state index is 0.201. The highest BCUT2D eigenvalue weighted by Gasteiger charge is 2.19. The van der Waals surface area contributed by atoms with Crippen molar-refractivity contribution < 1.29 is 19.1 Å². The van der Waals surface area contributed by atoms with Crippen LogP contribution in [0.25, 0.3) is 11.3 Å². The Bertz CT molecular complexity index is 779. The van der Waals surface area contributed by atoms with Crippen LogP contribution in [0, 0.1) is 0 Å². The van der Waals surface area contributed by atoms with Crippen LogP contribution in [0.1, 0.15) is 16.8 Å². The first-order valence-corrected chi connectivity index (χ1v) is 8.34. The highest BCUT2D eigenvalue weighted by molar-refractivity contribution is 5.94. The number of methoxy groups -OCH3 is 1. The summed E-state index contributed by atoms with van der Waals surface area (Å²) in [5, 5.41) is 2.81. The van der Waals surface area contributed by atoms with E-state index in [0.717, 1.165) is 12.0 Å². The number of ether oxygens (including phenoxy) is 2. The number of rotatable bonds is 6. The Balaban J connectivity index is 1.58. The van der Waals surface area contributed by atoms with Gasteiger partial charge in [-0.1, -0.05) is 12.1 Å². The SMILES string of the molecule is COc1nccnc1-c1ccc(C(=O)NCCN2CCCOC2=O)cc1. The van der Waals surface area contributed by atoms with E-state index in [0.29, 0.717) is 43.4 Å². The van der Waals surface area contributed by atoms with E-state index in [1.165, 1.54) is 7.11 Å². The maximum absolute atomic E-state index is 12.2. The number of nitrogens with zero attached hydrogens (tertiary/aromatic N) is 3. The molecule has 1 aromatic carbocycles. The van der Waals surface area contributed by atoms with Crippen LogP contribution in [-0.2, 0) is 4.74 Å². The van der Waals surface area contributed by atoms with Crippen molar-refractivity contribution in [3.63, 3.8) is 0 Å². The third kappa shape index (κ3) is 4.08. The summed E-state index contributed by atoms with van der Waals surface area (Å²) < 4.78 is 10.2. The number of carbonyl (C=O) groups is 2. The van der Waals surface area contributed by atoms with E-state index in [1.54, 1.807) is 41.6 Å². The van der Waals surface area contributed by atoms with E-state index in [1.807, 2.05) is 0 Å². The summed E-state index contributed by atoms with van der Waals surface area (Å²) in [6, 6.07) is 7.02. The number of cyclic esters (lactones) is 1. The van der Waals surface area contributed by atoms with Gasteiger partial charge >= 0.3 is 6.09 Å². The van der Waals surface area contributed by atoms with Crippen molar-refractivity contribution in [3.05, 3.63) is 42.2 Å². The van der Waals surface area contributed by atoms with Gasteiger partial charge in [-0.2, -0.15) is 0 Å². The second-order valence-electron chi connectivity index (χ2n) is 5.70. The average Bonchev–Trinajstić information content (AvgIpc) is 2.69. The Hall–Kier alpha value is -3.16. The van der Waals surface area contributed by atoms with Crippen LogP contribution < -0.4 is 10.1 Å². The minimum Gasteiger partial charge on any atom is -0.479 e. The lowest BCUT2D eigenvalue weighted by atomic mass is 10.1. The summed E-state index contributed by atoms with van der Waals surface area (Å²) in [5.41, 5.74) is 1.95. The standard InChI is InChI=1S/C18H20N4O4/c1-25-17-15(19-7-8-21-17)13-3-5-14(6-4-13)16(23)20-9-11-22-10-2-12-26-18(22)24/h3-8H,2,9-12H2,1H3,(H,20,23). The Morgan fingerprint density at radius 2 is 2.04 bits per heavy atom. The van der Waals surface area contributed by atoms with E-state index < -0.39 is 0 Å². The minimum atomic E-state index is -0.326. The molecule has 8 nitrogen and oxygen atoms in total. The molecule has 1 aliphatic rings. The number of amides is 2. The molecule has 2 amide bonds.